The number of aromatic amines is 1. The molecule has 0 spiro atoms. The molecule has 1 saturated heterocycles. The molecule has 0 bridgehead atoms. The maximum atomic E-state index is 11.9. The lowest BCUT2D eigenvalue weighted by molar-refractivity contribution is 0.568. The van der Waals surface area contributed by atoms with Crippen molar-refractivity contribution in [3.63, 3.8) is 0 Å². The number of hydrogen-bond acceptors (Lipinski definition) is 5. The zero-order valence-corrected chi connectivity index (χ0v) is 10.9. The zero-order valence-electron chi connectivity index (χ0n) is 9.96. The fraction of sp³-hybridized carbons (Fsp3) is 0.545. The molecule has 0 aliphatic carbocycles. The Hall–Kier alpha value is -1.50. The first-order valence-corrected chi connectivity index (χ1v) is 6.76. The number of hydrogen-bond donors (Lipinski definition) is 2. The van der Waals surface area contributed by atoms with Gasteiger partial charge < -0.3 is 4.90 Å². The molecule has 7 heteroatoms. The van der Waals surface area contributed by atoms with Gasteiger partial charge in [0.15, 0.2) is 0 Å². The van der Waals surface area contributed by atoms with E-state index in [9.17, 15) is 4.79 Å². The zero-order chi connectivity index (χ0) is 12.5. The van der Waals surface area contributed by atoms with Gasteiger partial charge in [0, 0.05) is 24.9 Å². The molecule has 96 valence electrons. The van der Waals surface area contributed by atoms with E-state index in [4.69, 9.17) is 0 Å². The first-order valence-electron chi connectivity index (χ1n) is 6.12. The minimum atomic E-state index is -0.139. The summed E-state index contributed by atoms with van der Waals surface area (Å²) in [4.78, 5) is 22.7. The maximum Gasteiger partial charge on any atom is 0.274 e. The molecule has 0 saturated carbocycles. The second kappa shape index (κ2) is 4.64. The molecule has 3 heterocycles. The molecule has 0 radical (unpaired) electrons. The number of nitrogens with zero attached hydrogens (tertiary/aromatic N) is 4. The Morgan fingerprint density at radius 2 is 2.06 bits per heavy atom. The van der Waals surface area contributed by atoms with Crippen LogP contribution < -0.4 is 10.5 Å². The third-order valence-corrected chi connectivity index (χ3v) is 3.51. The molecule has 0 aromatic carbocycles. The Balaban J connectivity index is 2.04. The quantitative estimate of drug-likeness (QED) is 0.790. The number of nitrogens with one attached hydrogen (secondary N) is 1. The van der Waals surface area contributed by atoms with Gasteiger partial charge in [-0.3, -0.25) is 9.89 Å². The van der Waals surface area contributed by atoms with Crippen LogP contribution >= 0.6 is 12.6 Å². The standard InChI is InChI=1S/C11H15N5OS/c17-9-6-8(7-18)12-10-13-11(14-16(9)10)15-4-2-1-3-5-15/h6,18H,1-5,7H2,(H,12,13,14). The van der Waals surface area contributed by atoms with Gasteiger partial charge >= 0.3 is 0 Å². The van der Waals surface area contributed by atoms with Crippen LogP contribution in [0.2, 0.25) is 0 Å². The minimum Gasteiger partial charge on any atom is -0.341 e. The summed E-state index contributed by atoms with van der Waals surface area (Å²) in [5.41, 5.74) is 0.514. The van der Waals surface area contributed by atoms with Crippen molar-refractivity contribution in [1.82, 2.24) is 19.6 Å². The SMILES string of the molecule is O=c1cc(CS)nc2nc(N3CCCCC3)[nH]n12. The Morgan fingerprint density at radius 1 is 1.28 bits per heavy atom. The van der Waals surface area contributed by atoms with Gasteiger partial charge in [0.2, 0.25) is 5.95 Å². The molecule has 0 atom stereocenters. The Kier molecular flexibility index (Phi) is 2.99. The molecule has 2 aromatic heterocycles. The molecule has 1 fully saturated rings. The van der Waals surface area contributed by atoms with E-state index < -0.39 is 0 Å². The lowest BCUT2D eigenvalue weighted by Gasteiger charge is -2.25. The van der Waals surface area contributed by atoms with Crippen molar-refractivity contribution in [2.24, 2.45) is 0 Å². The Bertz CT molecular complexity index is 613. The molecule has 1 aliphatic heterocycles. The number of rotatable bonds is 2. The average molecular weight is 265 g/mol. The van der Waals surface area contributed by atoms with Gasteiger partial charge in [-0.25, -0.2) is 4.98 Å². The average Bonchev–Trinajstić information content (AvgIpc) is 2.84. The van der Waals surface area contributed by atoms with Crippen molar-refractivity contribution in [2.45, 2.75) is 25.0 Å². The minimum absolute atomic E-state index is 0.139. The van der Waals surface area contributed by atoms with E-state index in [2.05, 4.69) is 32.6 Å². The number of piperidine rings is 1. The molecule has 6 nitrogen and oxygen atoms in total. The van der Waals surface area contributed by atoms with E-state index in [0.717, 1.165) is 19.0 Å². The highest BCUT2D eigenvalue weighted by Crippen LogP contribution is 2.15. The van der Waals surface area contributed by atoms with Crippen LogP contribution in [0.4, 0.5) is 5.95 Å². The van der Waals surface area contributed by atoms with Crippen LogP contribution in [-0.2, 0) is 5.75 Å². The molecule has 18 heavy (non-hydrogen) atoms. The van der Waals surface area contributed by atoms with Crippen LogP contribution in [0.15, 0.2) is 10.9 Å². The summed E-state index contributed by atoms with van der Waals surface area (Å²) in [6.07, 6.45) is 3.60. The van der Waals surface area contributed by atoms with E-state index in [1.807, 2.05) is 0 Å². The van der Waals surface area contributed by atoms with Crippen molar-refractivity contribution in [3.8, 4) is 0 Å². The fourth-order valence-electron chi connectivity index (χ4n) is 2.24. The number of H-pyrrole nitrogens is 1. The monoisotopic (exact) mass is 265 g/mol. The predicted octanol–water partition coefficient (Wildman–Crippen LogP) is 0.838. The molecule has 1 N–H and O–H groups in total. The van der Waals surface area contributed by atoms with E-state index in [0.29, 0.717) is 17.2 Å². The van der Waals surface area contributed by atoms with Crippen molar-refractivity contribution in [1.29, 1.82) is 0 Å². The van der Waals surface area contributed by atoms with E-state index in [1.165, 1.54) is 29.8 Å². The van der Waals surface area contributed by atoms with E-state index >= 15 is 0 Å². The summed E-state index contributed by atoms with van der Waals surface area (Å²) >= 11 is 4.13. The summed E-state index contributed by atoms with van der Waals surface area (Å²) in [6, 6.07) is 1.48. The number of anilines is 1. The van der Waals surface area contributed by atoms with Gasteiger partial charge in [-0.15, -0.1) is 0 Å². The fourth-order valence-corrected chi connectivity index (χ4v) is 2.41. The number of thiol groups is 1. The molecule has 1 aliphatic rings. The number of aromatic nitrogens is 4. The van der Waals surface area contributed by atoms with Crippen LogP contribution in [0, 0.1) is 0 Å². The normalized spacial score (nSPS) is 16.4. The van der Waals surface area contributed by atoms with E-state index in [-0.39, 0.29) is 5.56 Å². The topological polar surface area (TPSA) is 66.3 Å². The molecular weight excluding hydrogens is 250 g/mol. The lowest BCUT2D eigenvalue weighted by Crippen LogP contribution is -2.30. The summed E-state index contributed by atoms with van der Waals surface area (Å²) < 4.78 is 1.39. The van der Waals surface area contributed by atoms with Gasteiger partial charge in [0.05, 0.1) is 5.69 Å². The van der Waals surface area contributed by atoms with Gasteiger partial charge in [-0.1, -0.05) is 0 Å². The molecule has 0 amide bonds. The van der Waals surface area contributed by atoms with Crippen molar-refractivity contribution < 1.29 is 0 Å². The van der Waals surface area contributed by atoms with Crippen LogP contribution in [0.3, 0.4) is 0 Å². The molecule has 0 unspecified atom stereocenters. The van der Waals surface area contributed by atoms with Crippen LogP contribution in [0.25, 0.3) is 5.78 Å². The molecule has 2 aromatic rings. The van der Waals surface area contributed by atoms with Crippen molar-refractivity contribution >= 4 is 24.4 Å². The second-order valence-corrected chi connectivity index (χ2v) is 4.79. The van der Waals surface area contributed by atoms with E-state index in [1.54, 1.807) is 0 Å². The smallest absolute Gasteiger partial charge is 0.274 e. The highest BCUT2D eigenvalue weighted by Gasteiger charge is 2.15. The third-order valence-electron chi connectivity index (χ3n) is 3.19. The van der Waals surface area contributed by atoms with Gasteiger partial charge in [-0.05, 0) is 19.3 Å². The van der Waals surface area contributed by atoms with Crippen molar-refractivity contribution in [2.75, 3.05) is 18.0 Å². The largest absolute Gasteiger partial charge is 0.341 e. The number of fused-ring (bicyclic) bond motifs is 1. The van der Waals surface area contributed by atoms with Crippen LogP contribution in [-0.4, -0.2) is 32.7 Å². The first-order chi connectivity index (χ1) is 8.78. The highest BCUT2D eigenvalue weighted by atomic mass is 32.1. The highest BCUT2D eigenvalue weighted by molar-refractivity contribution is 7.79. The second-order valence-electron chi connectivity index (χ2n) is 4.47. The third kappa shape index (κ3) is 1.98. The Morgan fingerprint density at radius 3 is 2.78 bits per heavy atom. The predicted molar refractivity (Wildman–Crippen MR) is 72.4 cm³/mol. The summed E-state index contributed by atoms with van der Waals surface area (Å²) in [5.74, 6) is 1.60. The van der Waals surface area contributed by atoms with Gasteiger partial charge in [0.25, 0.3) is 11.3 Å². The van der Waals surface area contributed by atoms with Crippen LogP contribution in [0.1, 0.15) is 25.0 Å². The van der Waals surface area contributed by atoms with Gasteiger partial charge in [-0.2, -0.15) is 22.1 Å². The molecular formula is C11H15N5OS. The lowest BCUT2D eigenvalue weighted by atomic mass is 10.1. The van der Waals surface area contributed by atoms with Gasteiger partial charge in [0.1, 0.15) is 0 Å². The van der Waals surface area contributed by atoms with Crippen LogP contribution in [0.5, 0.6) is 0 Å². The molecule has 3 rings (SSSR count). The summed E-state index contributed by atoms with van der Waals surface area (Å²) in [5, 5.41) is 3.02. The Labute approximate surface area is 109 Å². The maximum absolute atomic E-state index is 11.9. The first kappa shape index (κ1) is 11.6. The summed E-state index contributed by atoms with van der Waals surface area (Å²) in [7, 11) is 0. The summed E-state index contributed by atoms with van der Waals surface area (Å²) in [6.45, 7) is 1.96. The van der Waals surface area contributed by atoms with Crippen molar-refractivity contribution in [3.05, 3.63) is 22.1 Å².